The average Bonchev–Trinajstić information content (AvgIpc) is 3.84. The van der Waals surface area contributed by atoms with E-state index in [9.17, 15) is 0 Å². The van der Waals surface area contributed by atoms with E-state index < -0.39 is 0 Å². The molecule has 0 aliphatic heterocycles. The van der Waals surface area contributed by atoms with Crippen molar-refractivity contribution in [3.05, 3.63) is 200 Å². The van der Waals surface area contributed by atoms with E-state index in [1.165, 1.54) is 76.2 Å². The van der Waals surface area contributed by atoms with Gasteiger partial charge in [0.15, 0.2) is 17.5 Å². The molecular weight excluding hydrogens is 731 g/mol. The normalized spacial score (nSPS) is 12.0. The molecule has 0 radical (unpaired) electrons. The molecule has 0 aliphatic carbocycles. The Labute approximate surface area is 344 Å². The Morgan fingerprint density at radius 1 is 0.250 bits per heavy atom. The van der Waals surface area contributed by atoms with Crippen LogP contribution in [0.5, 0.6) is 0 Å². The second-order valence-corrected chi connectivity index (χ2v) is 15.6. The summed E-state index contributed by atoms with van der Waals surface area (Å²) in [5.41, 5.74) is 12.2. The van der Waals surface area contributed by atoms with Crippen LogP contribution in [0.25, 0.3) is 121 Å². The van der Waals surface area contributed by atoms with Crippen LogP contribution in [-0.2, 0) is 0 Å². The molecular formula is C55H33N5. The third-order valence-corrected chi connectivity index (χ3v) is 12.2. The lowest BCUT2D eigenvalue weighted by Crippen LogP contribution is -2.00. The Morgan fingerprint density at radius 2 is 0.717 bits per heavy atom. The third kappa shape index (κ3) is 4.84. The smallest absolute Gasteiger partial charge is 0.164 e. The lowest BCUT2D eigenvalue weighted by atomic mass is 9.96. The minimum Gasteiger partial charge on any atom is -0.307 e. The van der Waals surface area contributed by atoms with E-state index >= 15 is 0 Å². The highest BCUT2D eigenvalue weighted by Gasteiger charge is 2.21. The van der Waals surface area contributed by atoms with Gasteiger partial charge in [0.25, 0.3) is 0 Å². The predicted molar refractivity (Wildman–Crippen MR) is 249 cm³/mol. The zero-order valence-corrected chi connectivity index (χ0v) is 32.3. The van der Waals surface area contributed by atoms with Gasteiger partial charge in [-0.3, -0.25) is 0 Å². The van der Waals surface area contributed by atoms with Crippen molar-refractivity contribution in [1.82, 2.24) is 23.8 Å². The maximum absolute atomic E-state index is 5.08. The molecule has 9 aromatic carbocycles. The fourth-order valence-electron chi connectivity index (χ4n) is 9.56. The molecule has 13 aromatic rings. The lowest BCUT2D eigenvalue weighted by molar-refractivity contribution is 1.07. The SMILES string of the molecule is c1ccc(-c2nc(-c3ccccc3)nc(-c3cccc(-c4cc5c6ccccc6n6c7cccc8c9ccccc9n(c9cc%10ccccc%10cc9c(c4)c56)c87)c3)n2)cc1. The monoisotopic (exact) mass is 763 g/mol. The molecule has 0 amide bonds. The van der Waals surface area contributed by atoms with E-state index in [1.807, 2.05) is 60.7 Å². The molecule has 5 heteroatoms. The first-order valence-corrected chi connectivity index (χ1v) is 20.4. The number of rotatable bonds is 4. The minimum atomic E-state index is 0.633. The van der Waals surface area contributed by atoms with Crippen LogP contribution in [0.4, 0.5) is 0 Å². The van der Waals surface area contributed by atoms with Gasteiger partial charge < -0.3 is 8.80 Å². The summed E-state index contributed by atoms with van der Waals surface area (Å²) in [4.78, 5) is 15.1. The second kappa shape index (κ2) is 12.7. The Balaban J connectivity index is 1.15. The van der Waals surface area contributed by atoms with Crippen LogP contribution >= 0.6 is 0 Å². The zero-order valence-electron chi connectivity index (χ0n) is 32.3. The highest BCUT2D eigenvalue weighted by Crippen LogP contribution is 2.43. The molecule has 0 fully saturated rings. The Bertz CT molecular complexity index is 3820. The standard InChI is InChI=1S/C55H33N5/c1-3-15-34(16-4-1)53-56-54(35-17-5-2-6-18-35)58-55(57-53)39-22-13-21-36(29-39)40-31-45-42-24-10-12-27-48(42)59-49-28-14-25-43-41-23-9-11-26-47(41)60(52(43)49)50-33-38-20-8-7-19-37(38)30-44(50)46(32-40)51(45)59/h1-33H. The molecule has 0 atom stereocenters. The number of benzene rings is 9. The van der Waals surface area contributed by atoms with Gasteiger partial charge >= 0.3 is 0 Å². The van der Waals surface area contributed by atoms with Gasteiger partial charge in [-0.2, -0.15) is 0 Å². The molecule has 13 rings (SSSR count). The van der Waals surface area contributed by atoms with Crippen molar-refractivity contribution < 1.29 is 0 Å². The number of fused-ring (bicyclic) bond motifs is 11. The van der Waals surface area contributed by atoms with Gasteiger partial charge in [-0.25, -0.2) is 15.0 Å². The predicted octanol–water partition coefficient (Wildman–Crippen LogP) is 14.0. The highest BCUT2D eigenvalue weighted by atomic mass is 15.0. The number of aromatic nitrogens is 5. The van der Waals surface area contributed by atoms with Crippen LogP contribution in [-0.4, -0.2) is 23.8 Å². The molecule has 0 bridgehead atoms. The second-order valence-electron chi connectivity index (χ2n) is 15.6. The van der Waals surface area contributed by atoms with Gasteiger partial charge in [-0.15, -0.1) is 0 Å². The summed E-state index contributed by atoms with van der Waals surface area (Å²) >= 11 is 0. The van der Waals surface area contributed by atoms with Crippen molar-refractivity contribution in [2.24, 2.45) is 0 Å². The summed E-state index contributed by atoms with van der Waals surface area (Å²) in [5, 5.41) is 9.71. The van der Waals surface area contributed by atoms with Crippen LogP contribution in [0.1, 0.15) is 0 Å². The third-order valence-electron chi connectivity index (χ3n) is 12.2. The molecule has 0 unspecified atom stereocenters. The van der Waals surface area contributed by atoms with E-state index in [1.54, 1.807) is 0 Å². The molecule has 0 saturated heterocycles. The van der Waals surface area contributed by atoms with Crippen molar-refractivity contribution in [3.8, 4) is 45.3 Å². The molecule has 0 N–H and O–H groups in total. The van der Waals surface area contributed by atoms with Crippen LogP contribution in [0.3, 0.4) is 0 Å². The van der Waals surface area contributed by atoms with E-state index in [2.05, 4.69) is 148 Å². The number of hydrogen-bond acceptors (Lipinski definition) is 3. The summed E-state index contributed by atoms with van der Waals surface area (Å²) in [6.07, 6.45) is 0. The lowest BCUT2D eigenvalue weighted by Gasteiger charge is -2.14. The highest BCUT2D eigenvalue weighted by molar-refractivity contribution is 6.25. The molecule has 0 saturated carbocycles. The fraction of sp³-hybridized carbons (Fsp3) is 0. The molecule has 4 heterocycles. The van der Waals surface area contributed by atoms with Crippen molar-refractivity contribution >= 4 is 76.2 Å². The number of hydrogen-bond donors (Lipinski definition) is 0. The van der Waals surface area contributed by atoms with Crippen molar-refractivity contribution in [2.45, 2.75) is 0 Å². The first-order valence-electron chi connectivity index (χ1n) is 20.4. The van der Waals surface area contributed by atoms with E-state index in [0.717, 1.165) is 27.8 Å². The number of para-hydroxylation sites is 3. The zero-order chi connectivity index (χ0) is 39.3. The number of nitrogens with zero attached hydrogens (tertiary/aromatic N) is 5. The van der Waals surface area contributed by atoms with Crippen molar-refractivity contribution in [3.63, 3.8) is 0 Å². The molecule has 60 heavy (non-hydrogen) atoms. The summed E-state index contributed by atoms with van der Waals surface area (Å²) < 4.78 is 5.02. The van der Waals surface area contributed by atoms with E-state index in [0.29, 0.717) is 17.5 Å². The summed E-state index contributed by atoms with van der Waals surface area (Å²) in [6, 6.07) is 71.7. The van der Waals surface area contributed by atoms with Gasteiger partial charge in [0.2, 0.25) is 0 Å². The molecule has 0 aliphatic rings. The molecule has 5 nitrogen and oxygen atoms in total. The fourth-order valence-corrected chi connectivity index (χ4v) is 9.56. The van der Waals surface area contributed by atoms with Gasteiger partial charge in [-0.1, -0.05) is 152 Å². The van der Waals surface area contributed by atoms with Crippen LogP contribution in [0, 0.1) is 0 Å². The molecule has 278 valence electrons. The van der Waals surface area contributed by atoms with Gasteiger partial charge in [0.05, 0.1) is 33.1 Å². The maximum atomic E-state index is 5.08. The van der Waals surface area contributed by atoms with E-state index in [-0.39, 0.29) is 0 Å². The molecule has 0 spiro atoms. The summed E-state index contributed by atoms with van der Waals surface area (Å²) in [6.45, 7) is 0. The summed E-state index contributed by atoms with van der Waals surface area (Å²) in [5.74, 6) is 1.92. The Kier molecular flexibility index (Phi) is 6.95. The quantitative estimate of drug-likeness (QED) is 0.179. The Hall–Kier alpha value is -8.15. The minimum absolute atomic E-state index is 0.633. The van der Waals surface area contributed by atoms with E-state index in [4.69, 9.17) is 15.0 Å². The first-order chi connectivity index (χ1) is 29.7. The van der Waals surface area contributed by atoms with Crippen molar-refractivity contribution in [1.29, 1.82) is 0 Å². The Morgan fingerprint density at radius 3 is 1.40 bits per heavy atom. The summed E-state index contributed by atoms with van der Waals surface area (Å²) in [7, 11) is 0. The van der Waals surface area contributed by atoms with Gasteiger partial charge in [-0.05, 0) is 70.4 Å². The van der Waals surface area contributed by atoms with Crippen LogP contribution in [0.2, 0.25) is 0 Å². The average molecular weight is 764 g/mol. The van der Waals surface area contributed by atoms with Crippen molar-refractivity contribution in [2.75, 3.05) is 0 Å². The topological polar surface area (TPSA) is 47.5 Å². The van der Waals surface area contributed by atoms with Gasteiger partial charge in [0.1, 0.15) is 0 Å². The largest absolute Gasteiger partial charge is 0.307 e. The van der Waals surface area contributed by atoms with Crippen LogP contribution in [0.15, 0.2) is 200 Å². The van der Waals surface area contributed by atoms with Crippen LogP contribution < -0.4 is 0 Å². The maximum Gasteiger partial charge on any atom is 0.164 e. The first kappa shape index (κ1) is 32.9. The molecule has 4 aromatic heterocycles. The van der Waals surface area contributed by atoms with Gasteiger partial charge in [0, 0.05) is 49.0 Å².